The van der Waals surface area contributed by atoms with Gasteiger partial charge in [0.2, 0.25) is 0 Å². The van der Waals surface area contributed by atoms with Crippen LogP contribution >= 0.6 is 0 Å². The number of benzene rings is 1. The first-order valence-corrected chi connectivity index (χ1v) is 8.23. The summed E-state index contributed by atoms with van der Waals surface area (Å²) in [5, 5.41) is 20.6. The molecule has 124 valence electrons. The number of urea groups is 1. The summed E-state index contributed by atoms with van der Waals surface area (Å²) >= 11 is 0. The summed E-state index contributed by atoms with van der Waals surface area (Å²) < 4.78 is 0. The minimum atomic E-state index is -0.299. The molecule has 1 fully saturated rings. The Morgan fingerprint density at radius 1 is 1.17 bits per heavy atom. The summed E-state index contributed by atoms with van der Waals surface area (Å²) in [6.45, 7) is 0. The van der Waals surface area contributed by atoms with E-state index in [1.807, 2.05) is 6.08 Å². The molecule has 1 heterocycles. The maximum absolute atomic E-state index is 12.5. The molecule has 3 amide bonds. The minimum Gasteiger partial charge on any atom is -0.507 e. The van der Waals surface area contributed by atoms with Crippen LogP contribution in [0.3, 0.4) is 0 Å². The van der Waals surface area contributed by atoms with Gasteiger partial charge in [-0.25, -0.2) is 4.79 Å². The molecule has 2 aliphatic carbocycles. The van der Waals surface area contributed by atoms with Gasteiger partial charge in [0.15, 0.2) is 0 Å². The zero-order valence-corrected chi connectivity index (χ0v) is 13.1. The van der Waals surface area contributed by atoms with Crippen molar-refractivity contribution in [3.05, 3.63) is 39.9 Å². The average Bonchev–Trinajstić information content (AvgIpc) is 2.93. The lowest BCUT2D eigenvalue weighted by molar-refractivity contribution is 0.0938. The number of hydrogen-bond donors (Lipinski definition) is 4. The zero-order chi connectivity index (χ0) is 16.7. The first-order valence-electron chi connectivity index (χ1n) is 8.23. The Balaban J connectivity index is 1.56. The molecule has 6 heteroatoms. The van der Waals surface area contributed by atoms with Crippen molar-refractivity contribution in [3.63, 3.8) is 0 Å². The predicted molar refractivity (Wildman–Crippen MR) is 89.5 cm³/mol. The molecule has 0 bridgehead atoms. The molecule has 1 aromatic carbocycles. The van der Waals surface area contributed by atoms with Crippen LogP contribution in [-0.4, -0.2) is 29.1 Å². The highest BCUT2D eigenvalue weighted by Gasteiger charge is 2.31. The van der Waals surface area contributed by atoms with Gasteiger partial charge in [-0.05, 0) is 54.3 Å². The van der Waals surface area contributed by atoms with Crippen molar-refractivity contribution in [2.75, 3.05) is 0 Å². The summed E-state index contributed by atoms with van der Waals surface area (Å²) in [6, 6.07) is 3.06. The first-order chi connectivity index (χ1) is 11.6. The molecular formula is C18H19N3O3. The van der Waals surface area contributed by atoms with Crippen LogP contribution in [0.5, 0.6) is 5.75 Å². The topological polar surface area (TPSA) is 90.5 Å². The first kappa shape index (κ1) is 14.8. The third-order valence-electron chi connectivity index (χ3n) is 4.74. The van der Waals surface area contributed by atoms with Gasteiger partial charge in [-0.15, -0.1) is 0 Å². The van der Waals surface area contributed by atoms with Crippen molar-refractivity contribution in [2.45, 2.75) is 37.8 Å². The fourth-order valence-electron chi connectivity index (χ4n) is 3.52. The van der Waals surface area contributed by atoms with E-state index < -0.39 is 0 Å². The lowest BCUT2D eigenvalue weighted by Gasteiger charge is -2.24. The van der Waals surface area contributed by atoms with Gasteiger partial charge in [-0.2, -0.15) is 0 Å². The van der Waals surface area contributed by atoms with E-state index in [2.05, 4.69) is 28.1 Å². The second kappa shape index (κ2) is 5.70. The lowest BCUT2D eigenvalue weighted by Crippen LogP contribution is -2.39. The van der Waals surface area contributed by atoms with E-state index in [-0.39, 0.29) is 35.3 Å². The van der Waals surface area contributed by atoms with Crippen LogP contribution in [0, 0.1) is 0 Å². The summed E-state index contributed by atoms with van der Waals surface area (Å²) in [5.74, 6) is -0.304. The molecule has 2 atom stereocenters. The molecule has 1 aliphatic heterocycles. The fraction of sp³-hybridized carbons (Fsp3) is 0.333. The van der Waals surface area contributed by atoms with Crippen molar-refractivity contribution in [1.82, 2.24) is 16.0 Å². The van der Waals surface area contributed by atoms with E-state index >= 15 is 0 Å². The van der Waals surface area contributed by atoms with Crippen molar-refractivity contribution in [2.24, 2.45) is 0 Å². The van der Waals surface area contributed by atoms with E-state index in [4.69, 9.17) is 0 Å². The molecule has 0 spiro atoms. The van der Waals surface area contributed by atoms with Crippen molar-refractivity contribution in [1.29, 1.82) is 0 Å². The molecule has 6 nitrogen and oxygen atoms in total. The Hall–Kier alpha value is -2.76. The van der Waals surface area contributed by atoms with Crippen molar-refractivity contribution in [3.8, 4) is 5.75 Å². The Morgan fingerprint density at radius 3 is 2.71 bits per heavy atom. The van der Waals surface area contributed by atoms with Crippen molar-refractivity contribution < 1.29 is 14.7 Å². The van der Waals surface area contributed by atoms with E-state index in [9.17, 15) is 14.7 Å². The highest BCUT2D eigenvalue weighted by molar-refractivity contribution is 5.97. The molecule has 0 radical (unpaired) electrons. The molecule has 24 heavy (non-hydrogen) atoms. The third-order valence-corrected chi connectivity index (χ3v) is 4.74. The molecule has 0 saturated carbocycles. The standard InChI is InChI=1S/C18H19N3O3/c22-16-8-11-4-2-1-3-10(11)7-13(16)17(23)19-12-5-6-14-15(9-12)21-18(24)20-14/h3-4,7-9,12,14,22H,1-2,5-6H2,(H,19,23)(H2,20,21,24). The largest absolute Gasteiger partial charge is 0.507 e. The molecular weight excluding hydrogens is 306 g/mol. The molecule has 1 aromatic rings. The van der Waals surface area contributed by atoms with Gasteiger partial charge in [0.05, 0.1) is 11.6 Å². The average molecular weight is 325 g/mol. The zero-order valence-electron chi connectivity index (χ0n) is 13.1. The number of hydrogen-bond acceptors (Lipinski definition) is 3. The Labute approximate surface area is 138 Å². The number of rotatable bonds is 2. The third kappa shape index (κ3) is 2.64. The smallest absolute Gasteiger partial charge is 0.319 e. The van der Waals surface area contributed by atoms with Gasteiger partial charge < -0.3 is 21.1 Å². The van der Waals surface area contributed by atoms with Gasteiger partial charge in [0, 0.05) is 11.7 Å². The molecule has 3 aliphatic rings. The van der Waals surface area contributed by atoms with Crippen LogP contribution in [0.4, 0.5) is 4.79 Å². The van der Waals surface area contributed by atoms with E-state index in [1.165, 1.54) is 0 Å². The number of phenolic OH excluding ortho intramolecular Hbond substituents is 1. The number of fused-ring (bicyclic) bond motifs is 2. The maximum atomic E-state index is 12.5. The van der Waals surface area contributed by atoms with E-state index in [0.717, 1.165) is 41.8 Å². The Morgan fingerprint density at radius 2 is 1.92 bits per heavy atom. The summed E-state index contributed by atoms with van der Waals surface area (Å²) in [6.07, 6.45) is 9.44. The molecule has 4 N–H and O–H groups in total. The van der Waals surface area contributed by atoms with E-state index in [1.54, 1.807) is 12.1 Å². The van der Waals surface area contributed by atoms with Gasteiger partial charge in [0.25, 0.3) is 5.91 Å². The highest BCUT2D eigenvalue weighted by atomic mass is 16.3. The summed E-state index contributed by atoms with van der Waals surface area (Å²) in [7, 11) is 0. The summed E-state index contributed by atoms with van der Waals surface area (Å²) in [5.41, 5.74) is 1.10. The Kier molecular flexibility index (Phi) is 3.52. The van der Waals surface area contributed by atoms with Crippen LogP contribution in [0.15, 0.2) is 23.9 Å². The highest BCUT2D eigenvalue weighted by Crippen LogP contribution is 2.21. The number of nitrogens with one attached hydrogen (secondary N) is 3. The van der Waals surface area contributed by atoms with Gasteiger partial charge in [-0.3, -0.25) is 4.79 Å². The van der Waals surface area contributed by atoms with Gasteiger partial charge >= 0.3 is 6.03 Å². The van der Waals surface area contributed by atoms with Crippen LogP contribution in [0.2, 0.25) is 0 Å². The van der Waals surface area contributed by atoms with Crippen LogP contribution in [0.1, 0.15) is 36.0 Å². The lowest BCUT2D eigenvalue weighted by atomic mass is 9.96. The number of carbonyl (C=O) groups excluding carboxylic acids is 2. The fourth-order valence-corrected chi connectivity index (χ4v) is 3.52. The van der Waals surface area contributed by atoms with Gasteiger partial charge in [0.1, 0.15) is 5.75 Å². The minimum absolute atomic E-state index is 0.00465. The quantitative estimate of drug-likeness (QED) is 0.626. The summed E-state index contributed by atoms with van der Waals surface area (Å²) in [4.78, 5) is 23.9. The Bertz CT molecular complexity index is 872. The molecule has 0 aromatic heterocycles. The second-order valence-corrected chi connectivity index (χ2v) is 6.41. The van der Waals surface area contributed by atoms with Crippen LogP contribution in [0.25, 0.3) is 12.2 Å². The molecule has 1 saturated heterocycles. The number of carbonyl (C=O) groups is 2. The number of aromatic hydroxyl groups is 1. The van der Waals surface area contributed by atoms with Crippen LogP contribution < -0.4 is 26.4 Å². The number of amides is 3. The predicted octanol–water partition coefficient (Wildman–Crippen LogP) is 0.205. The monoisotopic (exact) mass is 325 g/mol. The van der Waals surface area contributed by atoms with E-state index in [0.29, 0.717) is 0 Å². The SMILES string of the molecule is O=C1NC2=CC(NC(=O)c3cc4c(cc3O)=CCCC=4)CCC2N1. The molecule has 2 unspecified atom stereocenters. The van der Waals surface area contributed by atoms with Gasteiger partial charge in [-0.1, -0.05) is 12.2 Å². The maximum Gasteiger partial charge on any atom is 0.319 e. The molecule has 4 rings (SSSR count). The second-order valence-electron chi connectivity index (χ2n) is 6.41. The van der Waals surface area contributed by atoms with Crippen LogP contribution in [-0.2, 0) is 0 Å². The number of phenols is 1. The van der Waals surface area contributed by atoms with Crippen molar-refractivity contribution >= 4 is 24.1 Å². The normalized spacial score (nSPS) is 24.3.